The van der Waals surface area contributed by atoms with Gasteiger partial charge in [0.25, 0.3) is 0 Å². The summed E-state index contributed by atoms with van der Waals surface area (Å²) in [6.07, 6.45) is 11.8. The molecule has 208 valence electrons. The molecule has 0 amide bonds. The van der Waals surface area contributed by atoms with Crippen LogP contribution in [-0.2, 0) is 9.53 Å². The number of nitrogens with two attached hydrogens (primary N) is 2. The lowest BCUT2D eigenvalue weighted by Crippen LogP contribution is -2.54. The van der Waals surface area contributed by atoms with Gasteiger partial charge in [-0.15, -0.1) is 0 Å². The van der Waals surface area contributed by atoms with E-state index in [2.05, 4.69) is 25.5 Å². The normalized spacial score (nSPS) is 38.4. The average Bonchev–Trinajstić information content (AvgIpc) is 3.22. The number of nitrogens with zero attached hydrogens (tertiary/aromatic N) is 1. The molecule has 0 bridgehead atoms. The van der Waals surface area contributed by atoms with Crippen LogP contribution in [0.4, 0.5) is 11.4 Å². The van der Waals surface area contributed by atoms with Crippen LogP contribution in [0.2, 0.25) is 0 Å². The fraction of sp³-hybridized carbons (Fsp3) is 0.774. The van der Waals surface area contributed by atoms with Crippen LogP contribution in [0.5, 0.6) is 5.75 Å². The van der Waals surface area contributed by atoms with Gasteiger partial charge in [0.15, 0.2) is 5.78 Å². The maximum absolute atomic E-state index is 13.6. The maximum Gasteiger partial charge on any atom is 0.157 e. The lowest BCUT2D eigenvalue weighted by molar-refractivity contribution is -0.135. The molecular formula is C31H51N3O3. The first-order valence-electron chi connectivity index (χ1n) is 14.5. The quantitative estimate of drug-likeness (QED) is 0.281. The largest absolute Gasteiger partial charge is 0.497 e. The number of hydrogen-bond acceptors (Lipinski definition) is 6. The zero-order chi connectivity index (χ0) is 27.0. The smallest absolute Gasteiger partial charge is 0.157 e. The van der Waals surface area contributed by atoms with Crippen LogP contribution < -0.4 is 21.3 Å². The van der Waals surface area contributed by atoms with E-state index >= 15 is 0 Å². The number of rotatable bonds is 5. The zero-order valence-electron chi connectivity index (χ0n) is 24.1. The number of nitrogen functional groups attached to an aromatic ring is 1. The van der Waals surface area contributed by atoms with Crippen molar-refractivity contribution in [3.63, 3.8) is 0 Å². The highest BCUT2D eigenvalue weighted by atomic mass is 16.5. The molecule has 1 aromatic rings. The molecule has 0 spiro atoms. The Labute approximate surface area is 224 Å². The monoisotopic (exact) mass is 513 g/mol. The van der Waals surface area contributed by atoms with Crippen molar-refractivity contribution in [3.05, 3.63) is 18.2 Å². The Balaban J connectivity index is 0.00000102. The molecule has 0 aliphatic heterocycles. The van der Waals surface area contributed by atoms with Crippen molar-refractivity contribution in [2.24, 2.45) is 52.2 Å². The van der Waals surface area contributed by atoms with E-state index in [-0.39, 0.29) is 23.7 Å². The number of carbonyl (C=O) groups is 1. The highest BCUT2D eigenvalue weighted by molar-refractivity contribution is 5.87. The van der Waals surface area contributed by atoms with Crippen LogP contribution in [0.25, 0.3) is 0 Å². The summed E-state index contributed by atoms with van der Waals surface area (Å²) in [5.41, 5.74) is 8.07. The van der Waals surface area contributed by atoms with Gasteiger partial charge in [0.05, 0.1) is 25.0 Å². The number of hydrazine groups is 1. The number of methoxy groups -OCH3 is 2. The number of Topliss-reactive ketones (excluding diaryl/α,β-unsaturated/α-hetero) is 1. The number of ketones is 1. The van der Waals surface area contributed by atoms with Gasteiger partial charge in [-0.2, -0.15) is 0 Å². The zero-order valence-corrected chi connectivity index (χ0v) is 24.1. The molecule has 8 atom stereocenters. The number of carbonyl (C=O) groups excluding carboxylic acids is 1. The SMILES string of the molecule is COC.COc1ccc(N(N)CC(=O)C2CCC3C4CCC5CC(C)CCC5(C)C4CCC23C)c(N)c1. The van der Waals surface area contributed by atoms with E-state index in [0.29, 0.717) is 28.5 Å². The minimum atomic E-state index is 0.112. The van der Waals surface area contributed by atoms with Crippen molar-refractivity contribution < 1.29 is 14.3 Å². The van der Waals surface area contributed by atoms with Crippen LogP contribution in [0.1, 0.15) is 78.6 Å². The van der Waals surface area contributed by atoms with E-state index in [9.17, 15) is 4.79 Å². The van der Waals surface area contributed by atoms with Crippen LogP contribution in [0, 0.1) is 46.3 Å². The standard InChI is InChI=1S/C29H45N3O2.C2H6O/c1-18-11-13-28(2)19(15-18)5-7-21-22-8-9-24(29(22,3)14-12-23(21)28)27(33)17-32(31)26-10-6-20(34-4)16-25(26)30;1-3-2/h6,10,16,18-19,21-24H,5,7-9,11-15,17,30-31H2,1-4H3;1-2H3. The van der Waals surface area contributed by atoms with Gasteiger partial charge < -0.3 is 20.2 Å². The first-order valence-corrected chi connectivity index (χ1v) is 14.5. The van der Waals surface area contributed by atoms with Gasteiger partial charge in [-0.25, -0.2) is 5.84 Å². The van der Waals surface area contributed by atoms with Crippen molar-refractivity contribution in [1.29, 1.82) is 0 Å². The summed E-state index contributed by atoms with van der Waals surface area (Å²) in [7, 11) is 4.87. The van der Waals surface area contributed by atoms with Gasteiger partial charge in [-0.05, 0) is 104 Å². The number of hydrogen-bond donors (Lipinski definition) is 2. The Morgan fingerprint density at radius 1 is 1.00 bits per heavy atom. The average molecular weight is 514 g/mol. The molecule has 4 N–H and O–H groups in total. The third-order valence-electron chi connectivity index (χ3n) is 11.2. The Bertz CT molecular complexity index is 954. The van der Waals surface area contributed by atoms with E-state index < -0.39 is 0 Å². The Morgan fingerprint density at radius 3 is 2.35 bits per heavy atom. The van der Waals surface area contributed by atoms with Crippen molar-refractivity contribution in [2.75, 3.05) is 38.6 Å². The third-order valence-corrected chi connectivity index (χ3v) is 11.2. The lowest BCUT2D eigenvalue weighted by Gasteiger charge is -2.61. The Morgan fingerprint density at radius 2 is 1.68 bits per heavy atom. The van der Waals surface area contributed by atoms with Crippen molar-refractivity contribution in [2.45, 2.75) is 78.6 Å². The van der Waals surface area contributed by atoms with E-state index in [1.165, 1.54) is 56.4 Å². The minimum Gasteiger partial charge on any atom is -0.497 e. The van der Waals surface area contributed by atoms with Crippen LogP contribution in [0.3, 0.4) is 0 Å². The molecule has 4 saturated carbocycles. The predicted octanol–water partition coefficient (Wildman–Crippen LogP) is 6.08. The molecular weight excluding hydrogens is 462 g/mol. The Hall–Kier alpha value is -1.79. The number of benzene rings is 1. The number of ether oxygens (including phenoxy) is 2. The van der Waals surface area contributed by atoms with E-state index in [1.807, 2.05) is 12.1 Å². The first-order chi connectivity index (χ1) is 17.6. The first kappa shape index (κ1) is 28.2. The van der Waals surface area contributed by atoms with E-state index in [4.69, 9.17) is 16.3 Å². The second-order valence-electron chi connectivity index (χ2n) is 13.1. The maximum atomic E-state index is 13.6. The molecule has 1 aromatic carbocycles. The summed E-state index contributed by atoms with van der Waals surface area (Å²) in [6.45, 7) is 7.74. The molecule has 0 saturated heterocycles. The van der Waals surface area contributed by atoms with Gasteiger partial charge in [0, 0.05) is 26.2 Å². The second kappa shape index (κ2) is 11.1. The number of anilines is 2. The number of fused-ring (bicyclic) bond motifs is 5. The van der Waals surface area contributed by atoms with Gasteiger partial charge in [0.2, 0.25) is 0 Å². The summed E-state index contributed by atoms with van der Waals surface area (Å²) in [5, 5.41) is 1.54. The van der Waals surface area contributed by atoms with Gasteiger partial charge in [-0.1, -0.05) is 27.2 Å². The predicted molar refractivity (Wildman–Crippen MR) is 151 cm³/mol. The molecule has 0 heterocycles. The topological polar surface area (TPSA) is 90.8 Å². The summed E-state index contributed by atoms with van der Waals surface area (Å²) in [4.78, 5) is 13.6. The summed E-state index contributed by atoms with van der Waals surface area (Å²) in [5.74, 6) is 11.6. The van der Waals surface area contributed by atoms with Crippen molar-refractivity contribution in [3.8, 4) is 5.75 Å². The summed E-state index contributed by atoms with van der Waals surface area (Å²) >= 11 is 0. The van der Waals surface area contributed by atoms with Crippen LogP contribution >= 0.6 is 0 Å². The molecule has 6 nitrogen and oxygen atoms in total. The molecule has 4 fully saturated rings. The van der Waals surface area contributed by atoms with Gasteiger partial charge in [-0.3, -0.25) is 4.79 Å². The highest BCUT2D eigenvalue weighted by Gasteiger charge is 2.60. The van der Waals surface area contributed by atoms with Crippen LogP contribution in [-0.4, -0.2) is 33.7 Å². The van der Waals surface area contributed by atoms with Crippen molar-refractivity contribution >= 4 is 17.2 Å². The van der Waals surface area contributed by atoms with Crippen LogP contribution in [0.15, 0.2) is 18.2 Å². The molecule has 5 rings (SSSR count). The fourth-order valence-electron chi connectivity index (χ4n) is 9.29. The minimum absolute atomic E-state index is 0.112. The van der Waals surface area contributed by atoms with Crippen molar-refractivity contribution in [1.82, 2.24) is 0 Å². The molecule has 6 heteroatoms. The lowest BCUT2D eigenvalue weighted by atomic mass is 9.44. The van der Waals surface area contributed by atoms with Gasteiger partial charge >= 0.3 is 0 Å². The second-order valence-corrected chi connectivity index (χ2v) is 13.1. The van der Waals surface area contributed by atoms with Gasteiger partial charge in [0.1, 0.15) is 5.75 Å². The molecule has 0 aromatic heterocycles. The highest BCUT2D eigenvalue weighted by Crippen LogP contribution is 2.67. The third kappa shape index (κ3) is 5.13. The van der Waals surface area contributed by atoms with E-state index in [0.717, 1.165) is 30.1 Å². The summed E-state index contributed by atoms with van der Waals surface area (Å²) in [6, 6.07) is 5.44. The summed E-state index contributed by atoms with van der Waals surface area (Å²) < 4.78 is 9.50. The molecule has 0 radical (unpaired) electrons. The molecule has 4 aliphatic carbocycles. The Kier molecular flexibility index (Phi) is 8.49. The fourth-order valence-corrected chi connectivity index (χ4v) is 9.29. The van der Waals surface area contributed by atoms with E-state index in [1.54, 1.807) is 27.4 Å². The molecule has 37 heavy (non-hydrogen) atoms. The molecule has 4 aliphatic rings. The molecule has 8 unspecified atom stereocenters.